The van der Waals surface area contributed by atoms with Gasteiger partial charge in [0.2, 0.25) is 0 Å². The van der Waals surface area contributed by atoms with Gasteiger partial charge in [-0.15, -0.1) is 10.2 Å². The minimum Gasteiger partial charge on any atom is -0.476 e. The number of piperidine rings is 1. The van der Waals surface area contributed by atoms with Gasteiger partial charge in [-0.25, -0.2) is 4.79 Å². The predicted octanol–water partition coefficient (Wildman–Crippen LogP) is 0.753. The van der Waals surface area contributed by atoms with E-state index in [1.54, 1.807) is 6.07 Å². The van der Waals surface area contributed by atoms with E-state index >= 15 is 0 Å². The summed E-state index contributed by atoms with van der Waals surface area (Å²) in [6.07, 6.45) is 2.16. The van der Waals surface area contributed by atoms with Crippen LogP contribution in [0.15, 0.2) is 12.1 Å². The molecule has 1 aliphatic heterocycles. The second-order valence-electron chi connectivity index (χ2n) is 4.35. The van der Waals surface area contributed by atoms with Crippen LogP contribution < -0.4 is 10.2 Å². The van der Waals surface area contributed by atoms with E-state index in [0.29, 0.717) is 6.04 Å². The van der Waals surface area contributed by atoms with Crippen molar-refractivity contribution < 1.29 is 9.90 Å². The van der Waals surface area contributed by atoms with Crippen molar-refractivity contribution in [2.75, 3.05) is 24.5 Å². The Morgan fingerprint density at radius 3 is 2.67 bits per heavy atom. The highest BCUT2D eigenvalue weighted by Gasteiger charge is 2.21. The number of rotatable bonds is 4. The van der Waals surface area contributed by atoms with E-state index in [-0.39, 0.29) is 5.69 Å². The van der Waals surface area contributed by atoms with Crippen molar-refractivity contribution in [2.45, 2.75) is 25.8 Å². The van der Waals surface area contributed by atoms with Crippen molar-refractivity contribution in [1.82, 2.24) is 15.5 Å². The topological polar surface area (TPSA) is 78.4 Å². The molecular formula is C12H18N4O2. The van der Waals surface area contributed by atoms with E-state index in [0.717, 1.165) is 38.3 Å². The molecule has 2 N–H and O–H groups in total. The molecule has 6 nitrogen and oxygen atoms in total. The first-order valence-corrected chi connectivity index (χ1v) is 6.26. The highest BCUT2D eigenvalue weighted by atomic mass is 16.4. The average Bonchev–Trinajstić information content (AvgIpc) is 2.41. The van der Waals surface area contributed by atoms with Crippen LogP contribution >= 0.6 is 0 Å². The molecule has 0 unspecified atom stereocenters. The predicted molar refractivity (Wildman–Crippen MR) is 67.9 cm³/mol. The monoisotopic (exact) mass is 250 g/mol. The number of carbonyl (C=O) groups is 1. The van der Waals surface area contributed by atoms with Gasteiger partial charge in [-0.05, 0) is 45.0 Å². The van der Waals surface area contributed by atoms with Crippen LogP contribution in [0.5, 0.6) is 0 Å². The summed E-state index contributed by atoms with van der Waals surface area (Å²) in [5.74, 6) is -0.284. The molecule has 0 aliphatic carbocycles. The van der Waals surface area contributed by atoms with Crippen molar-refractivity contribution in [3.63, 3.8) is 0 Å². The Kier molecular flexibility index (Phi) is 4.09. The van der Waals surface area contributed by atoms with Gasteiger partial charge in [0, 0.05) is 12.6 Å². The highest BCUT2D eigenvalue weighted by Crippen LogP contribution is 2.18. The molecule has 1 fully saturated rings. The van der Waals surface area contributed by atoms with Crippen LogP contribution in [0.1, 0.15) is 30.3 Å². The van der Waals surface area contributed by atoms with E-state index < -0.39 is 5.97 Å². The first kappa shape index (κ1) is 12.8. The number of nitrogens with zero attached hydrogens (tertiary/aromatic N) is 3. The van der Waals surface area contributed by atoms with Crippen molar-refractivity contribution in [3.8, 4) is 0 Å². The minimum atomic E-state index is -1.04. The van der Waals surface area contributed by atoms with Gasteiger partial charge in [-0.2, -0.15) is 0 Å². The molecule has 6 heteroatoms. The maximum absolute atomic E-state index is 10.7. The number of hydrogen-bond donors (Lipinski definition) is 2. The van der Waals surface area contributed by atoms with Gasteiger partial charge >= 0.3 is 5.97 Å². The summed E-state index contributed by atoms with van der Waals surface area (Å²) in [4.78, 5) is 12.9. The van der Waals surface area contributed by atoms with Gasteiger partial charge in [0.15, 0.2) is 11.5 Å². The first-order chi connectivity index (χ1) is 8.72. The number of carboxylic acids is 1. The van der Waals surface area contributed by atoms with E-state index in [4.69, 9.17) is 5.11 Å². The largest absolute Gasteiger partial charge is 0.476 e. The SMILES string of the molecule is CCN(c1ccc(C(=O)O)nn1)C1CCNCC1. The Morgan fingerprint density at radius 2 is 2.17 bits per heavy atom. The zero-order valence-electron chi connectivity index (χ0n) is 10.5. The Bertz CT molecular complexity index is 401. The van der Waals surface area contributed by atoms with Crippen LogP contribution in [0.2, 0.25) is 0 Å². The molecule has 1 saturated heterocycles. The summed E-state index contributed by atoms with van der Waals surface area (Å²) in [7, 11) is 0. The Balaban J connectivity index is 2.13. The van der Waals surface area contributed by atoms with Crippen LogP contribution in [0.3, 0.4) is 0 Å². The molecular weight excluding hydrogens is 232 g/mol. The molecule has 0 radical (unpaired) electrons. The summed E-state index contributed by atoms with van der Waals surface area (Å²) in [5.41, 5.74) is -0.0138. The van der Waals surface area contributed by atoms with Gasteiger partial charge in [0.1, 0.15) is 0 Å². The number of anilines is 1. The molecule has 1 aliphatic rings. The lowest BCUT2D eigenvalue weighted by Crippen LogP contribution is -2.43. The van der Waals surface area contributed by atoms with Crippen molar-refractivity contribution >= 4 is 11.8 Å². The molecule has 0 aromatic carbocycles. The Labute approximate surface area is 106 Å². The van der Waals surface area contributed by atoms with Crippen molar-refractivity contribution in [3.05, 3.63) is 17.8 Å². The summed E-state index contributed by atoms with van der Waals surface area (Å²) in [6, 6.07) is 3.71. The molecule has 0 saturated carbocycles. The lowest BCUT2D eigenvalue weighted by Gasteiger charge is -2.34. The summed E-state index contributed by atoms with van der Waals surface area (Å²) >= 11 is 0. The maximum Gasteiger partial charge on any atom is 0.356 e. The fourth-order valence-corrected chi connectivity index (χ4v) is 2.32. The van der Waals surface area contributed by atoms with E-state index in [1.807, 2.05) is 0 Å². The summed E-state index contributed by atoms with van der Waals surface area (Å²) < 4.78 is 0. The van der Waals surface area contributed by atoms with Gasteiger partial charge in [-0.3, -0.25) is 0 Å². The normalized spacial score (nSPS) is 16.5. The van der Waals surface area contributed by atoms with Crippen LogP contribution in [0.25, 0.3) is 0 Å². The molecule has 18 heavy (non-hydrogen) atoms. The number of carboxylic acid groups (broad SMARTS) is 1. The minimum absolute atomic E-state index is 0.0138. The fourth-order valence-electron chi connectivity index (χ4n) is 2.32. The zero-order valence-corrected chi connectivity index (χ0v) is 10.5. The third-order valence-corrected chi connectivity index (χ3v) is 3.25. The molecule has 98 valence electrons. The maximum atomic E-state index is 10.7. The molecule has 0 spiro atoms. The smallest absolute Gasteiger partial charge is 0.356 e. The third-order valence-electron chi connectivity index (χ3n) is 3.25. The zero-order chi connectivity index (χ0) is 13.0. The van der Waals surface area contributed by atoms with E-state index in [9.17, 15) is 4.79 Å². The van der Waals surface area contributed by atoms with Gasteiger partial charge in [0.25, 0.3) is 0 Å². The first-order valence-electron chi connectivity index (χ1n) is 6.26. The average molecular weight is 250 g/mol. The van der Waals surface area contributed by atoms with Crippen molar-refractivity contribution in [2.24, 2.45) is 0 Å². The molecule has 1 aromatic heterocycles. The fraction of sp³-hybridized carbons (Fsp3) is 0.583. The van der Waals surface area contributed by atoms with Gasteiger partial charge < -0.3 is 15.3 Å². The molecule has 1 aromatic rings. The number of aromatic carboxylic acids is 1. The molecule has 2 heterocycles. The molecule has 0 atom stereocenters. The van der Waals surface area contributed by atoms with Gasteiger partial charge in [-0.1, -0.05) is 0 Å². The van der Waals surface area contributed by atoms with E-state index in [1.165, 1.54) is 6.07 Å². The van der Waals surface area contributed by atoms with Crippen LogP contribution in [-0.4, -0.2) is 46.9 Å². The number of hydrogen-bond acceptors (Lipinski definition) is 5. The van der Waals surface area contributed by atoms with Gasteiger partial charge in [0.05, 0.1) is 0 Å². The molecule has 2 rings (SSSR count). The highest BCUT2D eigenvalue weighted by molar-refractivity contribution is 5.85. The summed E-state index contributed by atoms with van der Waals surface area (Å²) in [5, 5.41) is 19.9. The second kappa shape index (κ2) is 5.77. The van der Waals surface area contributed by atoms with Crippen LogP contribution in [0, 0.1) is 0 Å². The second-order valence-corrected chi connectivity index (χ2v) is 4.35. The number of aromatic nitrogens is 2. The lowest BCUT2D eigenvalue weighted by atomic mass is 10.0. The van der Waals surface area contributed by atoms with E-state index in [2.05, 4.69) is 27.3 Å². The van der Waals surface area contributed by atoms with Crippen LogP contribution in [0.4, 0.5) is 5.82 Å². The Hall–Kier alpha value is -1.69. The molecule has 0 amide bonds. The Morgan fingerprint density at radius 1 is 1.44 bits per heavy atom. The molecule has 0 bridgehead atoms. The third kappa shape index (κ3) is 2.76. The van der Waals surface area contributed by atoms with Crippen molar-refractivity contribution in [1.29, 1.82) is 0 Å². The quantitative estimate of drug-likeness (QED) is 0.821. The lowest BCUT2D eigenvalue weighted by molar-refractivity contribution is 0.0689. The van der Waals surface area contributed by atoms with Crippen LogP contribution in [-0.2, 0) is 0 Å². The standard InChI is InChI=1S/C12H18N4O2/c1-2-16(9-5-7-13-8-6-9)11-4-3-10(12(17)18)14-15-11/h3-4,9,13H,2,5-8H2,1H3,(H,17,18). The number of nitrogens with one attached hydrogen (secondary N) is 1. The summed E-state index contributed by atoms with van der Waals surface area (Å²) in [6.45, 7) is 4.96.